The minimum atomic E-state index is -0.297. The van der Waals surface area contributed by atoms with Crippen LogP contribution in [0.4, 0.5) is 5.69 Å². The van der Waals surface area contributed by atoms with Gasteiger partial charge >= 0.3 is 0 Å². The molecular weight excluding hydrogens is 396 g/mol. The Balaban J connectivity index is 1.46. The molecule has 0 bridgehead atoms. The SMILES string of the molecule is COc1ccc(CNC(=O)c2ccc(OCC(=O)Nc3cccc(OC)c3)cc2)cc1. The van der Waals surface area contributed by atoms with Crippen LogP contribution in [-0.4, -0.2) is 32.6 Å². The molecule has 7 nitrogen and oxygen atoms in total. The first kappa shape index (κ1) is 21.7. The number of carbonyl (C=O) groups excluding carboxylic acids is 2. The van der Waals surface area contributed by atoms with Gasteiger partial charge in [-0.3, -0.25) is 9.59 Å². The number of benzene rings is 3. The maximum Gasteiger partial charge on any atom is 0.262 e. The van der Waals surface area contributed by atoms with Crippen molar-refractivity contribution in [2.75, 3.05) is 26.1 Å². The van der Waals surface area contributed by atoms with Crippen molar-refractivity contribution in [2.45, 2.75) is 6.54 Å². The lowest BCUT2D eigenvalue weighted by molar-refractivity contribution is -0.118. The molecule has 0 atom stereocenters. The molecule has 0 saturated heterocycles. The summed E-state index contributed by atoms with van der Waals surface area (Å²) >= 11 is 0. The van der Waals surface area contributed by atoms with Crippen LogP contribution in [0.2, 0.25) is 0 Å². The Kier molecular flexibility index (Phi) is 7.48. The van der Waals surface area contributed by atoms with Gasteiger partial charge in [0.15, 0.2) is 6.61 Å². The fourth-order valence-electron chi connectivity index (χ4n) is 2.78. The molecule has 2 amide bonds. The van der Waals surface area contributed by atoms with Crippen molar-refractivity contribution in [2.24, 2.45) is 0 Å². The van der Waals surface area contributed by atoms with E-state index in [1.54, 1.807) is 62.8 Å². The van der Waals surface area contributed by atoms with Gasteiger partial charge in [0.25, 0.3) is 11.8 Å². The second kappa shape index (κ2) is 10.7. The lowest BCUT2D eigenvalue weighted by Crippen LogP contribution is -2.22. The second-order valence-corrected chi connectivity index (χ2v) is 6.62. The predicted octanol–water partition coefficient (Wildman–Crippen LogP) is 3.65. The second-order valence-electron chi connectivity index (χ2n) is 6.62. The van der Waals surface area contributed by atoms with Crippen molar-refractivity contribution in [1.82, 2.24) is 5.32 Å². The summed E-state index contributed by atoms with van der Waals surface area (Å²) in [5, 5.41) is 5.60. The molecule has 0 heterocycles. The van der Waals surface area contributed by atoms with Gasteiger partial charge in [0.2, 0.25) is 0 Å². The van der Waals surface area contributed by atoms with Crippen LogP contribution in [0, 0.1) is 0 Å². The third kappa shape index (κ3) is 6.50. The Morgan fingerprint density at radius 3 is 2.16 bits per heavy atom. The minimum absolute atomic E-state index is 0.153. The van der Waals surface area contributed by atoms with Gasteiger partial charge in [-0.15, -0.1) is 0 Å². The molecule has 0 aliphatic rings. The van der Waals surface area contributed by atoms with Gasteiger partial charge < -0.3 is 24.8 Å². The molecule has 3 rings (SSSR count). The van der Waals surface area contributed by atoms with Crippen molar-refractivity contribution < 1.29 is 23.8 Å². The number of hydrogen-bond acceptors (Lipinski definition) is 5. The van der Waals surface area contributed by atoms with Crippen molar-refractivity contribution in [3.05, 3.63) is 83.9 Å². The molecule has 0 aliphatic heterocycles. The molecule has 160 valence electrons. The van der Waals surface area contributed by atoms with Crippen LogP contribution in [0.3, 0.4) is 0 Å². The molecular formula is C24H24N2O5. The van der Waals surface area contributed by atoms with Gasteiger partial charge in [-0.2, -0.15) is 0 Å². The lowest BCUT2D eigenvalue weighted by Gasteiger charge is -2.09. The summed E-state index contributed by atoms with van der Waals surface area (Å²) in [5.41, 5.74) is 2.09. The third-order valence-corrected chi connectivity index (χ3v) is 4.45. The van der Waals surface area contributed by atoms with Crippen molar-refractivity contribution in [3.63, 3.8) is 0 Å². The van der Waals surface area contributed by atoms with E-state index in [-0.39, 0.29) is 18.4 Å². The Bertz CT molecular complexity index is 1020. The van der Waals surface area contributed by atoms with Crippen LogP contribution in [0.25, 0.3) is 0 Å². The first-order chi connectivity index (χ1) is 15.1. The maximum atomic E-state index is 12.3. The monoisotopic (exact) mass is 420 g/mol. The zero-order valence-corrected chi connectivity index (χ0v) is 17.4. The largest absolute Gasteiger partial charge is 0.497 e. The first-order valence-electron chi connectivity index (χ1n) is 9.65. The van der Waals surface area contributed by atoms with E-state index in [2.05, 4.69) is 10.6 Å². The third-order valence-electron chi connectivity index (χ3n) is 4.45. The normalized spacial score (nSPS) is 10.1. The maximum absolute atomic E-state index is 12.3. The number of nitrogens with one attached hydrogen (secondary N) is 2. The van der Waals surface area contributed by atoms with Gasteiger partial charge in [0.05, 0.1) is 14.2 Å². The zero-order chi connectivity index (χ0) is 22.1. The van der Waals surface area contributed by atoms with Crippen LogP contribution in [0.1, 0.15) is 15.9 Å². The zero-order valence-electron chi connectivity index (χ0n) is 17.4. The van der Waals surface area contributed by atoms with E-state index in [0.29, 0.717) is 29.3 Å². The number of carbonyl (C=O) groups is 2. The quantitative estimate of drug-likeness (QED) is 0.552. The van der Waals surface area contributed by atoms with Crippen molar-refractivity contribution in [3.8, 4) is 17.2 Å². The molecule has 2 N–H and O–H groups in total. The van der Waals surface area contributed by atoms with E-state index in [1.807, 2.05) is 24.3 Å². The molecule has 0 saturated carbocycles. The summed E-state index contributed by atoms with van der Waals surface area (Å²) in [5.74, 6) is 1.42. The molecule has 0 radical (unpaired) electrons. The topological polar surface area (TPSA) is 85.9 Å². The molecule has 0 fully saturated rings. The summed E-state index contributed by atoms with van der Waals surface area (Å²) < 4.78 is 15.7. The summed E-state index contributed by atoms with van der Waals surface area (Å²) in [7, 11) is 3.17. The van der Waals surface area contributed by atoms with E-state index < -0.39 is 0 Å². The highest BCUT2D eigenvalue weighted by Crippen LogP contribution is 2.17. The number of anilines is 1. The number of hydrogen-bond donors (Lipinski definition) is 2. The molecule has 7 heteroatoms. The number of ether oxygens (including phenoxy) is 3. The Morgan fingerprint density at radius 1 is 0.806 bits per heavy atom. The van der Waals surface area contributed by atoms with Crippen LogP contribution >= 0.6 is 0 Å². The van der Waals surface area contributed by atoms with Crippen LogP contribution < -0.4 is 24.8 Å². The van der Waals surface area contributed by atoms with Crippen LogP contribution in [0.5, 0.6) is 17.2 Å². The van der Waals surface area contributed by atoms with Gasteiger partial charge in [0.1, 0.15) is 17.2 Å². The first-order valence-corrected chi connectivity index (χ1v) is 9.65. The van der Waals surface area contributed by atoms with E-state index >= 15 is 0 Å². The standard InChI is InChI=1S/C24H24N2O5/c1-29-20-10-6-17(7-11-20)15-25-24(28)18-8-12-21(13-9-18)31-16-23(27)26-19-4-3-5-22(14-19)30-2/h3-14H,15-16H2,1-2H3,(H,25,28)(H,26,27). The summed E-state index contributed by atoms with van der Waals surface area (Å²) in [4.78, 5) is 24.4. The summed E-state index contributed by atoms with van der Waals surface area (Å²) in [6.45, 7) is 0.256. The average Bonchev–Trinajstić information content (AvgIpc) is 2.82. The Hall–Kier alpha value is -4.00. The van der Waals surface area contributed by atoms with Crippen LogP contribution in [0.15, 0.2) is 72.8 Å². The van der Waals surface area contributed by atoms with E-state index in [9.17, 15) is 9.59 Å². The molecule has 0 unspecified atom stereocenters. The number of methoxy groups -OCH3 is 2. The highest BCUT2D eigenvalue weighted by molar-refractivity contribution is 5.94. The Labute approximate surface area is 180 Å². The minimum Gasteiger partial charge on any atom is -0.497 e. The highest BCUT2D eigenvalue weighted by atomic mass is 16.5. The molecule has 0 aromatic heterocycles. The molecule has 31 heavy (non-hydrogen) atoms. The fraction of sp³-hybridized carbons (Fsp3) is 0.167. The number of amides is 2. The average molecular weight is 420 g/mol. The van der Waals surface area contributed by atoms with Crippen molar-refractivity contribution >= 4 is 17.5 Å². The van der Waals surface area contributed by atoms with E-state index in [4.69, 9.17) is 14.2 Å². The predicted molar refractivity (Wildman–Crippen MR) is 118 cm³/mol. The van der Waals surface area contributed by atoms with E-state index in [1.165, 1.54) is 0 Å². The van der Waals surface area contributed by atoms with Gasteiger partial charge in [-0.05, 0) is 54.1 Å². The molecule has 0 spiro atoms. The summed E-state index contributed by atoms with van der Waals surface area (Å²) in [6.07, 6.45) is 0. The van der Waals surface area contributed by atoms with Crippen LogP contribution in [-0.2, 0) is 11.3 Å². The van der Waals surface area contributed by atoms with Crippen molar-refractivity contribution in [1.29, 1.82) is 0 Å². The highest BCUT2D eigenvalue weighted by Gasteiger charge is 2.08. The molecule has 0 aliphatic carbocycles. The van der Waals surface area contributed by atoms with Gasteiger partial charge in [-0.1, -0.05) is 18.2 Å². The number of rotatable bonds is 9. The van der Waals surface area contributed by atoms with E-state index in [0.717, 1.165) is 11.3 Å². The fourth-order valence-corrected chi connectivity index (χ4v) is 2.78. The smallest absolute Gasteiger partial charge is 0.262 e. The summed E-state index contributed by atoms with van der Waals surface area (Å²) in [6, 6.07) is 21.2. The lowest BCUT2D eigenvalue weighted by atomic mass is 10.2. The van der Waals surface area contributed by atoms with Gasteiger partial charge in [-0.25, -0.2) is 0 Å². The molecule has 3 aromatic carbocycles. The Morgan fingerprint density at radius 2 is 1.48 bits per heavy atom. The molecule has 3 aromatic rings. The van der Waals surface area contributed by atoms with Gasteiger partial charge in [0, 0.05) is 23.9 Å².